The SMILES string of the molecule is CSCC[C@H](NC(=O)[C@@H](NC(C)=O)C(C)C)C(=O)N[C@@H](C)C(=O)N1CCC[C@H]1C(=O)N[C@@H](Cc1ccc(O)cc1)C(=O)N[C@@H](CC(C)C)C(=O)N[C@@H](CCCCN)C(=O)N[C@@H](C)C(N)=O. The predicted octanol–water partition coefficient (Wildman–Crippen LogP) is -0.551. The third-order valence-corrected chi connectivity index (χ3v) is 11.5. The Morgan fingerprint density at radius 2 is 1.28 bits per heavy atom. The Morgan fingerprint density at radius 3 is 1.83 bits per heavy atom. The minimum Gasteiger partial charge on any atom is -0.508 e. The zero-order valence-corrected chi connectivity index (χ0v) is 39.8. The maximum absolute atomic E-state index is 14.2. The lowest BCUT2D eigenvalue weighted by Gasteiger charge is -2.30. The number of rotatable bonds is 27. The van der Waals surface area contributed by atoms with Crippen LogP contribution in [0.25, 0.3) is 0 Å². The molecule has 1 aromatic rings. The van der Waals surface area contributed by atoms with Gasteiger partial charge in [0.05, 0.1) is 0 Å². The van der Waals surface area contributed by atoms with E-state index in [2.05, 4.69) is 37.2 Å². The molecule has 0 saturated carbocycles. The molecule has 0 unspecified atom stereocenters. The normalized spacial score (nSPS) is 16.8. The molecule has 1 aliphatic heterocycles. The van der Waals surface area contributed by atoms with Gasteiger partial charge in [-0.05, 0) is 107 Å². The van der Waals surface area contributed by atoms with Gasteiger partial charge in [-0.2, -0.15) is 11.8 Å². The summed E-state index contributed by atoms with van der Waals surface area (Å²) in [6, 6.07) is -2.61. The van der Waals surface area contributed by atoms with Crippen molar-refractivity contribution in [3.63, 3.8) is 0 Å². The number of benzene rings is 1. The third-order valence-electron chi connectivity index (χ3n) is 10.8. The maximum atomic E-state index is 14.2. The van der Waals surface area contributed by atoms with Crippen LogP contribution in [0.3, 0.4) is 0 Å². The molecule has 0 bridgehead atoms. The molecule has 1 heterocycles. The highest BCUT2D eigenvalue weighted by atomic mass is 32.2. The van der Waals surface area contributed by atoms with Gasteiger partial charge in [-0.3, -0.25) is 43.2 Å². The van der Waals surface area contributed by atoms with Gasteiger partial charge in [0.15, 0.2) is 0 Å². The summed E-state index contributed by atoms with van der Waals surface area (Å²) in [6.45, 7) is 11.9. The Hall–Kier alpha value is -5.44. The van der Waals surface area contributed by atoms with Crippen LogP contribution in [0.15, 0.2) is 24.3 Å². The number of amides is 9. The van der Waals surface area contributed by atoms with Gasteiger partial charge in [-0.15, -0.1) is 0 Å². The zero-order chi connectivity index (χ0) is 49.0. The molecule has 21 heteroatoms. The van der Waals surface area contributed by atoms with E-state index in [0.29, 0.717) is 37.1 Å². The molecule has 8 atom stereocenters. The molecule has 364 valence electrons. The smallest absolute Gasteiger partial charge is 0.245 e. The van der Waals surface area contributed by atoms with Crippen molar-refractivity contribution in [2.75, 3.05) is 25.1 Å². The Balaban J connectivity index is 2.34. The number of thioether (sulfide) groups is 1. The largest absolute Gasteiger partial charge is 0.508 e. The van der Waals surface area contributed by atoms with Crippen molar-refractivity contribution in [2.45, 2.75) is 148 Å². The van der Waals surface area contributed by atoms with Crippen molar-refractivity contribution < 1.29 is 48.3 Å². The molecule has 9 amide bonds. The molecular weight excluding hydrogens is 861 g/mol. The number of phenols is 1. The van der Waals surface area contributed by atoms with Crippen molar-refractivity contribution in [2.24, 2.45) is 23.3 Å². The lowest BCUT2D eigenvalue weighted by molar-refractivity contribution is -0.142. The second-order valence-corrected chi connectivity index (χ2v) is 18.3. The zero-order valence-electron chi connectivity index (χ0n) is 39.0. The number of unbranched alkanes of at least 4 members (excludes halogenated alkanes) is 1. The molecule has 0 radical (unpaired) electrons. The van der Waals surface area contributed by atoms with Crippen molar-refractivity contribution >= 4 is 64.9 Å². The highest BCUT2D eigenvalue weighted by Gasteiger charge is 2.39. The van der Waals surface area contributed by atoms with Gasteiger partial charge in [0.2, 0.25) is 53.2 Å². The van der Waals surface area contributed by atoms with Crippen LogP contribution in [-0.4, -0.2) is 137 Å². The number of nitrogens with one attached hydrogen (secondary N) is 7. The number of nitrogens with zero attached hydrogens (tertiary/aromatic N) is 1. The second kappa shape index (κ2) is 27.8. The number of likely N-dealkylation sites (tertiary alicyclic amines) is 1. The van der Waals surface area contributed by atoms with Crippen LogP contribution < -0.4 is 48.7 Å². The molecule has 65 heavy (non-hydrogen) atoms. The Bertz CT molecular complexity index is 1800. The molecule has 20 nitrogen and oxygen atoms in total. The first-order chi connectivity index (χ1) is 30.6. The van der Waals surface area contributed by atoms with E-state index in [0.717, 1.165) is 0 Å². The van der Waals surface area contributed by atoms with E-state index >= 15 is 0 Å². The van der Waals surface area contributed by atoms with E-state index in [-0.39, 0.29) is 56.2 Å². The van der Waals surface area contributed by atoms with Crippen molar-refractivity contribution in [3.05, 3.63) is 29.8 Å². The minimum atomic E-state index is -1.28. The van der Waals surface area contributed by atoms with E-state index < -0.39 is 101 Å². The molecular formula is C44H72N10O10S. The maximum Gasteiger partial charge on any atom is 0.245 e. The number of carbonyl (C=O) groups is 9. The quantitative estimate of drug-likeness (QED) is 0.0497. The molecule has 1 fully saturated rings. The van der Waals surface area contributed by atoms with E-state index in [9.17, 15) is 48.3 Å². The van der Waals surface area contributed by atoms with E-state index in [1.54, 1.807) is 26.0 Å². The standard InChI is InChI=1S/C44H72N10O10S/c1-24(2)22-33(40(60)50-31(12-9-10-19-45)38(58)47-26(5)37(46)57)52-41(61)34(23-29-14-16-30(56)17-15-29)53-42(62)35-13-11-20-54(35)44(64)27(6)48-39(59)32(18-21-65-8)51-43(63)36(25(3)4)49-28(7)55/h14-17,24-27,31-36,56H,9-13,18-23,45H2,1-8H3,(H2,46,57)(H,47,58)(H,48,59)(H,49,55)(H,50,60)(H,51,63)(H,52,61)(H,53,62)/t26-,27-,31-,32-,33-,34-,35-,36-/m0/s1. The summed E-state index contributed by atoms with van der Waals surface area (Å²) < 4.78 is 0. The summed E-state index contributed by atoms with van der Waals surface area (Å²) in [5.41, 5.74) is 11.6. The van der Waals surface area contributed by atoms with Gasteiger partial charge in [0.25, 0.3) is 0 Å². The molecule has 2 rings (SSSR count). The average Bonchev–Trinajstić information content (AvgIpc) is 3.73. The summed E-state index contributed by atoms with van der Waals surface area (Å²) in [6.07, 6.45) is 4.08. The number of hydrogen-bond acceptors (Lipinski definition) is 12. The highest BCUT2D eigenvalue weighted by Crippen LogP contribution is 2.20. The van der Waals surface area contributed by atoms with E-state index in [1.165, 1.54) is 49.6 Å². The van der Waals surface area contributed by atoms with Gasteiger partial charge in [0, 0.05) is 19.9 Å². The molecule has 1 saturated heterocycles. The number of phenolic OH excluding ortho intramolecular Hbond substituents is 1. The van der Waals surface area contributed by atoms with Crippen LogP contribution in [0, 0.1) is 11.8 Å². The van der Waals surface area contributed by atoms with Crippen LogP contribution in [0.1, 0.15) is 99.0 Å². The van der Waals surface area contributed by atoms with E-state index in [1.807, 2.05) is 20.1 Å². The summed E-state index contributed by atoms with van der Waals surface area (Å²) in [7, 11) is 0. The average molecular weight is 933 g/mol. The van der Waals surface area contributed by atoms with Crippen molar-refractivity contribution in [1.29, 1.82) is 0 Å². The third kappa shape index (κ3) is 18.9. The van der Waals surface area contributed by atoms with Crippen molar-refractivity contribution in [1.82, 2.24) is 42.1 Å². The number of primary amides is 1. The Kier molecular flexibility index (Phi) is 23.8. The Labute approximate surface area is 386 Å². The second-order valence-electron chi connectivity index (χ2n) is 17.3. The number of hydrogen-bond donors (Lipinski definition) is 10. The topological polar surface area (TPSA) is 313 Å². The Morgan fingerprint density at radius 1 is 0.723 bits per heavy atom. The van der Waals surface area contributed by atoms with Crippen LogP contribution in [0.2, 0.25) is 0 Å². The van der Waals surface area contributed by atoms with Gasteiger partial charge >= 0.3 is 0 Å². The molecule has 0 aliphatic carbocycles. The van der Waals surface area contributed by atoms with E-state index in [4.69, 9.17) is 11.5 Å². The highest BCUT2D eigenvalue weighted by molar-refractivity contribution is 7.98. The fourth-order valence-electron chi connectivity index (χ4n) is 7.19. The van der Waals surface area contributed by atoms with Gasteiger partial charge in [-0.1, -0.05) is 39.8 Å². The van der Waals surface area contributed by atoms with Crippen LogP contribution >= 0.6 is 11.8 Å². The first-order valence-electron chi connectivity index (χ1n) is 22.3. The van der Waals surface area contributed by atoms with Crippen LogP contribution in [-0.2, 0) is 49.6 Å². The summed E-state index contributed by atoms with van der Waals surface area (Å²) in [4.78, 5) is 121. The first kappa shape index (κ1) is 55.7. The molecule has 12 N–H and O–H groups in total. The minimum absolute atomic E-state index is 0.0215. The molecule has 0 aromatic heterocycles. The van der Waals surface area contributed by atoms with Gasteiger partial charge in [0.1, 0.15) is 54.1 Å². The van der Waals surface area contributed by atoms with Gasteiger partial charge in [-0.25, -0.2) is 0 Å². The summed E-state index contributed by atoms with van der Waals surface area (Å²) in [5, 5.41) is 28.7. The lowest BCUT2D eigenvalue weighted by atomic mass is 10.00. The fourth-order valence-corrected chi connectivity index (χ4v) is 7.66. The fraction of sp³-hybridized carbons (Fsp3) is 0.659. The summed E-state index contributed by atoms with van der Waals surface area (Å²) in [5.74, 6) is -5.50. The molecule has 0 spiro atoms. The number of nitrogens with two attached hydrogens (primary N) is 2. The first-order valence-corrected chi connectivity index (χ1v) is 23.6. The predicted molar refractivity (Wildman–Crippen MR) is 246 cm³/mol. The monoisotopic (exact) mass is 933 g/mol. The van der Waals surface area contributed by atoms with Crippen molar-refractivity contribution in [3.8, 4) is 5.75 Å². The molecule has 1 aliphatic rings. The number of aromatic hydroxyl groups is 1. The van der Waals surface area contributed by atoms with Crippen LogP contribution in [0.5, 0.6) is 5.75 Å². The van der Waals surface area contributed by atoms with Gasteiger partial charge < -0.3 is 58.7 Å². The molecule has 1 aromatic carbocycles. The lowest BCUT2D eigenvalue weighted by Crippen LogP contribution is -2.60. The number of carbonyl (C=O) groups excluding carboxylic acids is 9. The summed E-state index contributed by atoms with van der Waals surface area (Å²) >= 11 is 1.46. The van der Waals surface area contributed by atoms with Crippen LogP contribution in [0.4, 0.5) is 0 Å².